The van der Waals surface area contributed by atoms with Crippen LogP contribution in [0.3, 0.4) is 0 Å². The molecule has 2 fully saturated rings. The van der Waals surface area contributed by atoms with Crippen LogP contribution < -0.4 is 0 Å². The molecular weight excluding hydrogens is 374 g/mol. The summed E-state index contributed by atoms with van der Waals surface area (Å²) in [7, 11) is 0. The van der Waals surface area contributed by atoms with Gasteiger partial charge >= 0.3 is 6.09 Å². The minimum atomic E-state index is -0.240. The molecule has 1 amide bonds. The second kappa shape index (κ2) is 9.03. The molecule has 30 heavy (non-hydrogen) atoms. The SMILES string of the molecule is CC(C)Cc1ccc(C(=O)C2CC3CCC(C2)N3C(=O)OCc2ccccc2)cc1. The molecule has 2 aromatic carbocycles. The lowest BCUT2D eigenvalue weighted by atomic mass is 9.84. The van der Waals surface area contributed by atoms with Crippen molar-refractivity contribution in [1.29, 1.82) is 0 Å². The number of ether oxygens (including phenoxy) is 1. The summed E-state index contributed by atoms with van der Waals surface area (Å²) in [6, 6.07) is 18.1. The van der Waals surface area contributed by atoms with Crippen molar-refractivity contribution in [3.8, 4) is 0 Å². The molecule has 4 rings (SSSR count). The highest BCUT2D eigenvalue weighted by atomic mass is 16.6. The van der Waals surface area contributed by atoms with Crippen LogP contribution in [0.25, 0.3) is 0 Å². The minimum Gasteiger partial charge on any atom is -0.445 e. The largest absolute Gasteiger partial charge is 0.445 e. The van der Waals surface area contributed by atoms with E-state index in [0.717, 1.165) is 43.2 Å². The van der Waals surface area contributed by atoms with Crippen LogP contribution >= 0.6 is 0 Å². The van der Waals surface area contributed by atoms with Gasteiger partial charge in [-0.1, -0.05) is 68.4 Å². The van der Waals surface area contributed by atoms with E-state index in [1.807, 2.05) is 47.4 Å². The Morgan fingerprint density at radius 1 is 0.933 bits per heavy atom. The zero-order valence-electron chi connectivity index (χ0n) is 17.9. The molecule has 2 saturated heterocycles. The maximum absolute atomic E-state index is 13.1. The summed E-state index contributed by atoms with van der Waals surface area (Å²) in [5, 5.41) is 0. The standard InChI is InChI=1S/C26H31NO3/c1-18(2)14-19-8-10-21(11-9-19)25(28)22-15-23-12-13-24(16-22)27(23)26(29)30-17-20-6-4-3-5-7-20/h3-11,18,22-24H,12-17H2,1-2H3. The smallest absolute Gasteiger partial charge is 0.410 e. The lowest BCUT2D eigenvalue weighted by Gasteiger charge is -2.37. The van der Waals surface area contributed by atoms with Gasteiger partial charge in [-0.2, -0.15) is 0 Å². The van der Waals surface area contributed by atoms with Crippen molar-refractivity contribution in [3.63, 3.8) is 0 Å². The second-order valence-corrected chi connectivity index (χ2v) is 9.16. The summed E-state index contributed by atoms with van der Waals surface area (Å²) in [4.78, 5) is 27.7. The normalized spacial score (nSPS) is 22.9. The first kappa shape index (κ1) is 20.6. The van der Waals surface area contributed by atoms with Crippen molar-refractivity contribution < 1.29 is 14.3 Å². The second-order valence-electron chi connectivity index (χ2n) is 9.16. The average molecular weight is 406 g/mol. The van der Waals surface area contributed by atoms with Crippen molar-refractivity contribution in [3.05, 3.63) is 71.3 Å². The number of rotatable bonds is 6. The zero-order valence-corrected chi connectivity index (χ0v) is 17.9. The molecule has 2 bridgehead atoms. The van der Waals surface area contributed by atoms with Gasteiger partial charge in [-0.05, 0) is 49.1 Å². The van der Waals surface area contributed by atoms with Gasteiger partial charge in [-0.25, -0.2) is 4.79 Å². The molecular formula is C26H31NO3. The Hall–Kier alpha value is -2.62. The number of piperidine rings is 1. The summed E-state index contributed by atoms with van der Waals surface area (Å²) in [6.45, 7) is 4.70. The fourth-order valence-corrected chi connectivity index (χ4v) is 5.00. The quantitative estimate of drug-likeness (QED) is 0.584. The third kappa shape index (κ3) is 4.58. The highest BCUT2D eigenvalue weighted by Gasteiger charge is 2.45. The van der Waals surface area contributed by atoms with Crippen molar-refractivity contribution >= 4 is 11.9 Å². The number of amides is 1. The van der Waals surface area contributed by atoms with Crippen LogP contribution in [0.1, 0.15) is 61.0 Å². The summed E-state index contributed by atoms with van der Waals surface area (Å²) >= 11 is 0. The zero-order chi connectivity index (χ0) is 21.1. The molecule has 2 aliphatic heterocycles. The average Bonchev–Trinajstić information content (AvgIpc) is 3.02. The number of carbonyl (C=O) groups is 2. The van der Waals surface area contributed by atoms with E-state index in [-0.39, 0.29) is 29.9 Å². The van der Waals surface area contributed by atoms with E-state index < -0.39 is 0 Å². The van der Waals surface area contributed by atoms with Crippen LogP contribution in [0, 0.1) is 11.8 Å². The monoisotopic (exact) mass is 405 g/mol. The number of Topliss-reactive ketones (excluding diaryl/α,β-unsaturated/α-hetero) is 1. The van der Waals surface area contributed by atoms with E-state index in [1.54, 1.807) is 0 Å². The molecule has 0 N–H and O–H groups in total. The van der Waals surface area contributed by atoms with Crippen molar-refractivity contribution in [2.75, 3.05) is 0 Å². The van der Waals surface area contributed by atoms with E-state index in [4.69, 9.17) is 4.74 Å². The maximum Gasteiger partial charge on any atom is 0.410 e. The number of benzene rings is 2. The first-order valence-corrected chi connectivity index (χ1v) is 11.1. The van der Waals surface area contributed by atoms with Crippen LogP contribution in [0.4, 0.5) is 4.79 Å². The predicted octanol–water partition coefficient (Wildman–Crippen LogP) is 5.65. The Bertz CT molecular complexity index is 861. The molecule has 2 aliphatic rings. The van der Waals surface area contributed by atoms with Crippen LogP contribution in [0.15, 0.2) is 54.6 Å². The van der Waals surface area contributed by atoms with Crippen LogP contribution in [0.2, 0.25) is 0 Å². The predicted molar refractivity (Wildman–Crippen MR) is 117 cm³/mol. The lowest BCUT2D eigenvalue weighted by molar-refractivity contribution is 0.0485. The Balaban J connectivity index is 1.36. The molecule has 4 heteroatoms. The van der Waals surface area contributed by atoms with Gasteiger partial charge in [-0.15, -0.1) is 0 Å². The molecule has 4 nitrogen and oxygen atoms in total. The number of hydrogen-bond donors (Lipinski definition) is 0. The summed E-state index contributed by atoms with van der Waals surface area (Å²) < 4.78 is 5.58. The van der Waals surface area contributed by atoms with Gasteiger partial charge in [0.25, 0.3) is 0 Å². The van der Waals surface area contributed by atoms with Gasteiger partial charge in [0.1, 0.15) is 6.61 Å². The van der Waals surface area contributed by atoms with Gasteiger partial charge in [0.05, 0.1) is 0 Å². The van der Waals surface area contributed by atoms with E-state index in [2.05, 4.69) is 26.0 Å². The molecule has 0 saturated carbocycles. The first-order chi connectivity index (χ1) is 14.5. The molecule has 2 atom stereocenters. The number of nitrogens with zero attached hydrogens (tertiary/aromatic N) is 1. The molecule has 2 unspecified atom stereocenters. The molecule has 0 aliphatic carbocycles. The van der Waals surface area contributed by atoms with E-state index in [9.17, 15) is 9.59 Å². The van der Waals surface area contributed by atoms with Crippen LogP contribution in [0.5, 0.6) is 0 Å². The summed E-state index contributed by atoms with van der Waals surface area (Å²) in [5.74, 6) is 0.824. The van der Waals surface area contributed by atoms with E-state index in [0.29, 0.717) is 12.5 Å². The molecule has 2 heterocycles. The molecule has 0 spiro atoms. The van der Waals surface area contributed by atoms with E-state index >= 15 is 0 Å². The third-order valence-corrected chi connectivity index (χ3v) is 6.40. The van der Waals surface area contributed by atoms with Crippen LogP contribution in [-0.2, 0) is 17.8 Å². The molecule has 0 radical (unpaired) electrons. The third-order valence-electron chi connectivity index (χ3n) is 6.40. The number of hydrogen-bond acceptors (Lipinski definition) is 3. The summed E-state index contributed by atoms with van der Waals surface area (Å²) in [5.41, 5.74) is 3.06. The number of ketones is 1. The van der Waals surface area contributed by atoms with Gasteiger partial charge < -0.3 is 9.64 Å². The fraction of sp³-hybridized carbons (Fsp3) is 0.462. The van der Waals surface area contributed by atoms with Gasteiger partial charge in [-0.3, -0.25) is 4.79 Å². The minimum absolute atomic E-state index is 0.00313. The summed E-state index contributed by atoms with van der Waals surface area (Å²) in [6.07, 6.45) is 4.19. The Labute approximate surface area is 179 Å². The molecule has 0 aromatic heterocycles. The topological polar surface area (TPSA) is 46.6 Å². The Morgan fingerprint density at radius 3 is 2.17 bits per heavy atom. The van der Waals surface area contributed by atoms with Crippen molar-refractivity contribution in [2.45, 2.75) is 64.6 Å². The maximum atomic E-state index is 13.1. The molecule has 2 aromatic rings. The van der Waals surface area contributed by atoms with Gasteiger partial charge in [0.2, 0.25) is 0 Å². The van der Waals surface area contributed by atoms with Crippen molar-refractivity contribution in [2.24, 2.45) is 11.8 Å². The van der Waals surface area contributed by atoms with Crippen LogP contribution in [-0.4, -0.2) is 28.9 Å². The van der Waals surface area contributed by atoms with Gasteiger partial charge in [0.15, 0.2) is 5.78 Å². The Kier molecular flexibility index (Phi) is 6.21. The number of fused-ring (bicyclic) bond motifs is 2. The van der Waals surface area contributed by atoms with E-state index in [1.165, 1.54) is 5.56 Å². The molecule has 158 valence electrons. The Morgan fingerprint density at radius 2 is 1.57 bits per heavy atom. The first-order valence-electron chi connectivity index (χ1n) is 11.1. The lowest BCUT2D eigenvalue weighted by Crippen LogP contribution is -2.48. The van der Waals surface area contributed by atoms with Crippen molar-refractivity contribution in [1.82, 2.24) is 4.90 Å². The highest BCUT2D eigenvalue weighted by Crippen LogP contribution is 2.40. The highest BCUT2D eigenvalue weighted by molar-refractivity contribution is 5.98. The fourth-order valence-electron chi connectivity index (χ4n) is 5.00. The number of carbonyl (C=O) groups excluding carboxylic acids is 2. The van der Waals surface area contributed by atoms with Gasteiger partial charge in [0, 0.05) is 23.6 Å².